The van der Waals surface area contributed by atoms with Crippen LogP contribution < -0.4 is 10.2 Å². The number of anilines is 2. The molecule has 1 amide bonds. The van der Waals surface area contributed by atoms with Crippen molar-refractivity contribution in [1.82, 2.24) is 9.97 Å². The van der Waals surface area contributed by atoms with Crippen LogP contribution in [0.4, 0.5) is 11.5 Å². The van der Waals surface area contributed by atoms with Crippen LogP contribution in [0.5, 0.6) is 0 Å². The number of amides is 1. The van der Waals surface area contributed by atoms with Crippen molar-refractivity contribution in [3.05, 3.63) is 54.6 Å². The van der Waals surface area contributed by atoms with Crippen molar-refractivity contribution < 1.29 is 4.79 Å². The third-order valence-corrected chi connectivity index (χ3v) is 5.28. The molecule has 1 saturated heterocycles. The van der Waals surface area contributed by atoms with Gasteiger partial charge in [-0.2, -0.15) is 0 Å². The highest BCUT2D eigenvalue weighted by molar-refractivity contribution is 8.00. The molecule has 0 spiro atoms. The number of hydrogen-bond acceptors (Lipinski definition) is 5. The van der Waals surface area contributed by atoms with E-state index in [1.807, 2.05) is 54.6 Å². The molecule has 6 heteroatoms. The number of rotatable bonds is 5. The Morgan fingerprint density at radius 3 is 2.35 bits per heavy atom. The number of benzene rings is 2. The lowest BCUT2D eigenvalue weighted by Crippen LogP contribution is -2.21. The van der Waals surface area contributed by atoms with E-state index in [-0.39, 0.29) is 5.91 Å². The lowest BCUT2D eigenvalue weighted by atomic mass is 10.3. The van der Waals surface area contributed by atoms with Gasteiger partial charge in [0.15, 0.2) is 5.82 Å². The van der Waals surface area contributed by atoms with Crippen molar-refractivity contribution in [1.29, 1.82) is 0 Å². The molecule has 1 aliphatic rings. The first-order valence-corrected chi connectivity index (χ1v) is 9.77. The van der Waals surface area contributed by atoms with E-state index in [9.17, 15) is 4.79 Å². The predicted molar refractivity (Wildman–Crippen MR) is 107 cm³/mol. The first-order valence-electron chi connectivity index (χ1n) is 8.79. The Morgan fingerprint density at radius 1 is 0.962 bits per heavy atom. The number of fused-ring (bicyclic) bond motifs is 1. The molecule has 1 fully saturated rings. The van der Waals surface area contributed by atoms with Gasteiger partial charge >= 0.3 is 0 Å². The van der Waals surface area contributed by atoms with Crippen molar-refractivity contribution in [2.45, 2.75) is 17.9 Å². The molecule has 26 heavy (non-hydrogen) atoms. The first-order chi connectivity index (χ1) is 12.8. The summed E-state index contributed by atoms with van der Waals surface area (Å²) < 4.78 is 0. The summed E-state index contributed by atoms with van der Waals surface area (Å²) in [5, 5.41) is 3.74. The fourth-order valence-electron chi connectivity index (χ4n) is 3.06. The number of aromatic nitrogens is 2. The van der Waals surface area contributed by atoms with Gasteiger partial charge in [-0.05, 0) is 37.1 Å². The van der Waals surface area contributed by atoms with E-state index >= 15 is 0 Å². The summed E-state index contributed by atoms with van der Waals surface area (Å²) in [5.41, 5.74) is 2.57. The highest BCUT2D eigenvalue weighted by atomic mass is 32.2. The largest absolute Gasteiger partial charge is 0.354 e. The highest BCUT2D eigenvalue weighted by Crippen LogP contribution is 2.31. The monoisotopic (exact) mass is 364 g/mol. The average Bonchev–Trinajstić information content (AvgIpc) is 3.21. The number of carbonyl (C=O) groups excluding carboxylic acids is 1. The second-order valence-corrected chi connectivity index (χ2v) is 7.20. The maximum Gasteiger partial charge on any atom is 0.234 e. The zero-order valence-electron chi connectivity index (χ0n) is 14.4. The van der Waals surface area contributed by atoms with E-state index in [0.717, 1.165) is 40.7 Å². The van der Waals surface area contributed by atoms with Crippen LogP contribution in [0.1, 0.15) is 12.8 Å². The predicted octanol–water partition coefficient (Wildman–Crippen LogP) is 3.96. The molecule has 0 bridgehead atoms. The SMILES string of the molecule is O=C(CSc1nc2ccccc2nc1N1CCCC1)Nc1ccccc1. The maximum atomic E-state index is 12.3. The minimum atomic E-state index is -0.0384. The molecule has 0 atom stereocenters. The molecule has 1 aromatic heterocycles. The number of nitrogens with one attached hydrogen (secondary N) is 1. The van der Waals surface area contributed by atoms with Crippen LogP contribution in [0.15, 0.2) is 59.6 Å². The Kier molecular flexibility index (Phi) is 5.02. The zero-order chi connectivity index (χ0) is 17.8. The van der Waals surface area contributed by atoms with E-state index in [4.69, 9.17) is 9.97 Å². The fourth-order valence-corrected chi connectivity index (χ4v) is 3.87. The Balaban J connectivity index is 1.54. The summed E-state index contributed by atoms with van der Waals surface area (Å²) >= 11 is 1.45. The zero-order valence-corrected chi connectivity index (χ0v) is 15.2. The molecule has 5 nitrogen and oxygen atoms in total. The van der Waals surface area contributed by atoms with Crippen molar-refractivity contribution in [3.8, 4) is 0 Å². The van der Waals surface area contributed by atoms with Gasteiger partial charge in [0.25, 0.3) is 0 Å². The van der Waals surface area contributed by atoms with Crippen LogP contribution in [0, 0.1) is 0 Å². The molecule has 132 valence electrons. The summed E-state index contributed by atoms with van der Waals surface area (Å²) in [7, 11) is 0. The molecule has 0 unspecified atom stereocenters. The standard InChI is InChI=1S/C20H20N4OS/c25-18(21-15-8-2-1-3-9-15)14-26-20-19(24-12-6-7-13-24)22-16-10-4-5-11-17(16)23-20/h1-5,8-11H,6-7,12-14H2,(H,21,25). The molecule has 0 radical (unpaired) electrons. The molecular formula is C20H20N4OS. The van der Waals surface area contributed by atoms with Gasteiger partial charge < -0.3 is 10.2 Å². The van der Waals surface area contributed by atoms with Gasteiger partial charge in [-0.3, -0.25) is 4.79 Å². The molecule has 1 aliphatic heterocycles. The van der Waals surface area contributed by atoms with Gasteiger partial charge in [-0.1, -0.05) is 42.1 Å². The van der Waals surface area contributed by atoms with Crippen molar-refractivity contribution >= 4 is 40.2 Å². The van der Waals surface area contributed by atoms with Gasteiger partial charge in [-0.15, -0.1) is 0 Å². The van der Waals surface area contributed by atoms with Crippen LogP contribution >= 0.6 is 11.8 Å². The van der Waals surface area contributed by atoms with E-state index in [0.29, 0.717) is 5.75 Å². The fraction of sp³-hybridized carbons (Fsp3) is 0.250. The lowest BCUT2D eigenvalue weighted by molar-refractivity contribution is -0.113. The minimum Gasteiger partial charge on any atom is -0.354 e. The van der Waals surface area contributed by atoms with Crippen LogP contribution in [-0.2, 0) is 4.79 Å². The average molecular weight is 364 g/mol. The highest BCUT2D eigenvalue weighted by Gasteiger charge is 2.20. The molecule has 4 rings (SSSR count). The Bertz CT molecular complexity index is 910. The molecule has 0 saturated carbocycles. The Labute approximate surface area is 156 Å². The number of para-hydroxylation sites is 3. The van der Waals surface area contributed by atoms with Crippen molar-refractivity contribution in [2.75, 3.05) is 29.1 Å². The topological polar surface area (TPSA) is 58.1 Å². The maximum absolute atomic E-state index is 12.3. The summed E-state index contributed by atoms with van der Waals surface area (Å²) in [6, 6.07) is 17.4. The number of hydrogen-bond donors (Lipinski definition) is 1. The number of nitrogens with zero attached hydrogens (tertiary/aromatic N) is 3. The Hall–Kier alpha value is -2.60. The molecule has 3 aromatic rings. The number of thioether (sulfide) groups is 1. The van der Waals surface area contributed by atoms with Crippen LogP contribution in [0.25, 0.3) is 11.0 Å². The summed E-state index contributed by atoms with van der Waals surface area (Å²) in [5.74, 6) is 1.17. The van der Waals surface area contributed by atoms with Gasteiger partial charge in [0.05, 0.1) is 16.8 Å². The summed E-state index contributed by atoms with van der Waals surface area (Å²) in [6.45, 7) is 1.99. The van der Waals surface area contributed by atoms with Crippen LogP contribution in [0.3, 0.4) is 0 Å². The minimum absolute atomic E-state index is 0.0384. The quantitative estimate of drug-likeness (QED) is 0.695. The molecular weight excluding hydrogens is 344 g/mol. The lowest BCUT2D eigenvalue weighted by Gasteiger charge is -2.19. The van der Waals surface area contributed by atoms with Gasteiger partial charge in [0.2, 0.25) is 5.91 Å². The van der Waals surface area contributed by atoms with Crippen molar-refractivity contribution in [3.63, 3.8) is 0 Å². The smallest absolute Gasteiger partial charge is 0.234 e. The molecule has 2 aromatic carbocycles. The van der Waals surface area contributed by atoms with Gasteiger partial charge in [0.1, 0.15) is 5.03 Å². The first kappa shape index (κ1) is 16.8. The van der Waals surface area contributed by atoms with E-state index in [1.54, 1.807) is 0 Å². The van der Waals surface area contributed by atoms with E-state index < -0.39 is 0 Å². The van der Waals surface area contributed by atoms with Crippen LogP contribution in [-0.4, -0.2) is 34.7 Å². The van der Waals surface area contributed by atoms with Gasteiger partial charge in [0, 0.05) is 18.8 Å². The molecule has 2 heterocycles. The third-order valence-electron chi connectivity index (χ3n) is 4.32. The van der Waals surface area contributed by atoms with Crippen LogP contribution in [0.2, 0.25) is 0 Å². The number of carbonyl (C=O) groups is 1. The normalized spacial score (nSPS) is 13.9. The third kappa shape index (κ3) is 3.80. The van der Waals surface area contributed by atoms with E-state index in [2.05, 4.69) is 10.2 Å². The second-order valence-electron chi connectivity index (χ2n) is 6.24. The molecule has 1 N–H and O–H groups in total. The van der Waals surface area contributed by atoms with Crippen molar-refractivity contribution in [2.24, 2.45) is 0 Å². The summed E-state index contributed by atoms with van der Waals surface area (Å²) in [6.07, 6.45) is 2.35. The van der Waals surface area contributed by atoms with E-state index in [1.165, 1.54) is 24.6 Å². The second kappa shape index (κ2) is 7.74. The molecule has 0 aliphatic carbocycles. The Morgan fingerprint density at radius 2 is 1.62 bits per heavy atom. The van der Waals surface area contributed by atoms with Gasteiger partial charge in [-0.25, -0.2) is 9.97 Å². The summed E-state index contributed by atoms with van der Waals surface area (Å²) in [4.78, 5) is 24.2.